The second kappa shape index (κ2) is 6.28. The molecule has 3 rings (SSSR count). The first-order chi connectivity index (χ1) is 11.0. The Bertz CT molecular complexity index is 728. The largest absolute Gasteiger partial charge is 0.326 e. The first-order valence-electron chi connectivity index (χ1n) is 8.35. The highest BCUT2D eigenvalue weighted by atomic mass is 16.1. The maximum absolute atomic E-state index is 11.6. The van der Waals surface area contributed by atoms with E-state index in [4.69, 9.17) is 4.98 Å². The van der Waals surface area contributed by atoms with Crippen molar-refractivity contribution in [2.45, 2.75) is 52.5 Å². The van der Waals surface area contributed by atoms with Gasteiger partial charge in [-0.05, 0) is 46.2 Å². The molecule has 1 unspecified atom stereocenters. The maximum Gasteiger partial charge on any atom is 0.221 e. The van der Waals surface area contributed by atoms with Gasteiger partial charge in [0.1, 0.15) is 0 Å². The van der Waals surface area contributed by atoms with Gasteiger partial charge < -0.3 is 10.6 Å². The number of fused-ring (bicyclic) bond motifs is 1. The molecule has 2 N–H and O–H groups in total. The van der Waals surface area contributed by atoms with Gasteiger partial charge in [0, 0.05) is 31.1 Å². The first kappa shape index (κ1) is 15.9. The number of carbonyl (C=O) groups excluding carboxylic acids is 1. The van der Waals surface area contributed by atoms with Crippen LogP contribution < -0.4 is 10.6 Å². The number of amides is 1. The van der Waals surface area contributed by atoms with E-state index in [1.807, 2.05) is 17.7 Å². The second-order valence-corrected chi connectivity index (χ2v) is 6.64. The molecular weight excluding hydrogens is 290 g/mol. The summed E-state index contributed by atoms with van der Waals surface area (Å²) in [5, 5.41) is 12.0. The molecule has 1 atom stereocenters. The molecule has 1 amide bonds. The summed E-state index contributed by atoms with van der Waals surface area (Å²) in [5.74, 6) is 0.318. The standard InChI is InChI=1S/C17H25N5O/c1-10(2)22-17-16(11(3)21-22)15(19-12(4)23)8-14(20-17)13-6-5-7-18-9-13/h8,10,13,18H,5-7,9H2,1-4H3,(H,19,20,23). The van der Waals surface area contributed by atoms with Crippen molar-refractivity contribution in [3.8, 4) is 0 Å². The van der Waals surface area contributed by atoms with Crippen LogP contribution in [-0.2, 0) is 4.79 Å². The van der Waals surface area contributed by atoms with Gasteiger partial charge in [0.2, 0.25) is 5.91 Å². The lowest BCUT2D eigenvalue weighted by atomic mass is 9.95. The van der Waals surface area contributed by atoms with Crippen LogP contribution in [0.25, 0.3) is 11.0 Å². The fourth-order valence-corrected chi connectivity index (χ4v) is 3.29. The van der Waals surface area contributed by atoms with Crippen LogP contribution in [0.4, 0.5) is 5.69 Å². The SMILES string of the molecule is CC(=O)Nc1cc(C2CCCNC2)nc2c1c(C)nn2C(C)C. The minimum atomic E-state index is -0.0677. The number of aryl methyl sites for hydroxylation is 1. The monoisotopic (exact) mass is 315 g/mol. The minimum Gasteiger partial charge on any atom is -0.326 e. The van der Waals surface area contributed by atoms with Gasteiger partial charge in [0.25, 0.3) is 0 Å². The normalized spacial score (nSPS) is 18.6. The van der Waals surface area contributed by atoms with Crippen molar-refractivity contribution < 1.29 is 4.79 Å². The number of aromatic nitrogens is 3. The molecule has 1 fully saturated rings. The van der Waals surface area contributed by atoms with E-state index in [1.54, 1.807) is 0 Å². The molecule has 2 aromatic heterocycles. The number of anilines is 1. The highest BCUT2D eigenvalue weighted by Gasteiger charge is 2.22. The van der Waals surface area contributed by atoms with Crippen molar-refractivity contribution in [1.82, 2.24) is 20.1 Å². The zero-order valence-electron chi connectivity index (χ0n) is 14.3. The van der Waals surface area contributed by atoms with Gasteiger partial charge >= 0.3 is 0 Å². The van der Waals surface area contributed by atoms with E-state index in [-0.39, 0.29) is 11.9 Å². The summed E-state index contributed by atoms with van der Waals surface area (Å²) in [5.41, 5.74) is 3.63. The molecule has 1 aliphatic heterocycles. The summed E-state index contributed by atoms with van der Waals surface area (Å²) in [6, 6.07) is 2.25. The zero-order chi connectivity index (χ0) is 16.6. The molecule has 3 heterocycles. The lowest BCUT2D eigenvalue weighted by Gasteiger charge is -2.23. The summed E-state index contributed by atoms with van der Waals surface area (Å²) in [6.07, 6.45) is 2.28. The molecule has 6 nitrogen and oxygen atoms in total. The van der Waals surface area contributed by atoms with Gasteiger partial charge in [-0.15, -0.1) is 0 Å². The fourth-order valence-electron chi connectivity index (χ4n) is 3.29. The number of piperidine rings is 1. The third-order valence-electron chi connectivity index (χ3n) is 4.37. The van der Waals surface area contributed by atoms with E-state index >= 15 is 0 Å². The number of hydrogen-bond acceptors (Lipinski definition) is 4. The molecule has 1 saturated heterocycles. The van der Waals surface area contributed by atoms with Crippen molar-refractivity contribution in [2.75, 3.05) is 18.4 Å². The predicted octanol–water partition coefficient (Wildman–Crippen LogP) is 2.75. The number of pyridine rings is 1. The third-order valence-corrected chi connectivity index (χ3v) is 4.37. The van der Waals surface area contributed by atoms with Crippen LogP contribution in [-0.4, -0.2) is 33.8 Å². The Kier molecular flexibility index (Phi) is 4.35. The molecule has 1 aliphatic rings. The van der Waals surface area contributed by atoms with Crippen LogP contribution in [0.2, 0.25) is 0 Å². The van der Waals surface area contributed by atoms with Crippen molar-refractivity contribution in [3.05, 3.63) is 17.5 Å². The van der Waals surface area contributed by atoms with Crippen molar-refractivity contribution in [2.24, 2.45) is 0 Å². The molecule has 23 heavy (non-hydrogen) atoms. The second-order valence-electron chi connectivity index (χ2n) is 6.64. The smallest absolute Gasteiger partial charge is 0.221 e. The van der Waals surface area contributed by atoms with Crippen LogP contribution in [0.15, 0.2) is 6.07 Å². The Hall–Kier alpha value is -1.95. The molecule has 0 spiro atoms. The summed E-state index contributed by atoms with van der Waals surface area (Å²) < 4.78 is 1.95. The summed E-state index contributed by atoms with van der Waals surface area (Å²) in [4.78, 5) is 16.5. The van der Waals surface area contributed by atoms with Crippen LogP contribution in [0.3, 0.4) is 0 Å². The molecule has 0 saturated carbocycles. The molecule has 0 radical (unpaired) electrons. The lowest BCUT2D eigenvalue weighted by Crippen LogP contribution is -2.29. The predicted molar refractivity (Wildman–Crippen MR) is 91.8 cm³/mol. The highest BCUT2D eigenvalue weighted by Crippen LogP contribution is 2.32. The maximum atomic E-state index is 11.6. The van der Waals surface area contributed by atoms with Gasteiger partial charge in [0.05, 0.1) is 16.8 Å². The van der Waals surface area contributed by atoms with E-state index < -0.39 is 0 Å². The number of carbonyl (C=O) groups is 1. The summed E-state index contributed by atoms with van der Waals surface area (Å²) in [6.45, 7) is 9.71. The molecule has 0 bridgehead atoms. The third kappa shape index (κ3) is 3.08. The minimum absolute atomic E-state index is 0.0677. The van der Waals surface area contributed by atoms with E-state index in [1.165, 1.54) is 6.92 Å². The van der Waals surface area contributed by atoms with Crippen molar-refractivity contribution in [1.29, 1.82) is 0 Å². The highest BCUT2D eigenvalue weighted by molar-refractivity contribution is 6.00. The first-order valence-corrected chi connectivity index (χ1v) is 8.35. The van der Waals surface area contributed by atoms with Crippen LogP contribution in [0.1, 0.15) is 57.0 Å². The average molecular weight is 315 g/mol. The van der Waals surface area contributed by atoms with E-state index in [0.29, 0.717) is 5.92 Å². The van der Waals surface area contributed by atoms with Gasteiger partial charge in [-0.2, -0.15) is 5.10 Å². The van der Waals surface area contributed by atoms with Crippen LogP contribution in [0, 0.1) is 6.92 Å². The van der Waals surface area contributed by atoms with Gasteiger partial charge in [0.15, 0.2) is 5.65 Å². The Morgan fingerprint density at radius 2 is 2.26 bits per heavy atom. The summed E-state index contributed by atoms with van der Waals surface area (Å²) >= 11 is 0. The molecular formula is C17H25N5O. The van der Waals surface area contributed by atoms with E-state index in [9.17, 15) is 4.79 Å². The topological polar surface area (TPSA) is 71.8 Å². The fraction of sp³-hybridized carbons (Fsp3) is 0.588. The molecule has 0 aliphatic carbocycles. The Balaban J connectivity index is 2.18. The lowest BCUT2D eigenvalue weighted by molar-refractivity contribution is -0.114. The Morgan fingerprint density at radius 1 is 1.48 bits per heavy atom. The van der Waals surface area contributed by atoms with Gasteiger partial charge in [-0.1, -0.05) is 0 Å². The quantitative estimate of drug-likeness (QED) is 0.913. The zero-order valence-corrected chi connectivity index (χ0v) is 14.3. The van der Waals surface area contributed by atoms with Crippen molar-refractivity contribution in [3.63, 3.8) is 0 Å². The number of rotatable bonds is 3. The van der Waals surface area contributed by atoms with Crippen LogP contribution in [0.5, 0.6) is 0 Å². The average Bonchev–Trinajstić information content (AvgIpc) is 2.85. The molecule has 6 heteroatoms. The Labute approximate surface area is 136 Å². The van der Waals surface area contributed by atoms with E-state index in [2.05, 4.69) is 29.6 Å². The van der Waals surface area contributed by atoms with Gasteiger partial charge in [-0.3, -0.25) is 4.79 Å². The van der Waals surface area contributed by atoms with Crippen LogP contribution >= 0.6 is 0 Å². The van der Waals surface area contributed by atoms with E-state index in [0.717, 1.165) is 54.0 Å². The molecule has 0 aromatic carbocycles. The van der Waals surface area contributed by atoms with Gasteiger partial charge in [-0.25, -0.2) is 9.67 Å². The Morgan fingerprint density at radius 3 is 2.87 bits per heavy atom. The summed E-state index contributed by atoms with van der Waals surface area (Å²) in [7, 11) is 0. The number of nitrogens with zero attached hydrogens (tertiary/aromatic N) is 3. The molecule has 2 aromatic rings. The van der Waals surface area contributed by atoms with Crippen molar-refractivity contribution >= 4 is 22.6 Å². The molecule has 124 valence electrons. The number of nitrogens with one attached hydrogen (secondary N) is 2. The number of hydrogen-bond donors (Lipinski definition) is 2.